The van der Waals surface area contributed by atoms with E-state index in [1.54, 1.807) is 16.2 Å². The fourth-order valence-electron chi connectivity index (χ4n) is 3.41. The summed E-state index contributed by atoms with van der Waals surface area (Å²) in [5, 5.41) is 5.27. The van der Waals surface area contributed by atoms with Crippen molar-refractivity contribution >= 4 is 33.4 Å². The van der Waals surface area contributed by atoms with Gasteiger partial charge in [0.2, 0.25) is 5.91 Å². The molecule has 7 nitrogen and oxygen atoms in total. The number of fused-ring (bicyclic) bond motifs is 1. The summed E-state index contributed by atoms with van der Waals surface area (Å²) in [4.78, 5) is 29.6. The average molecular weight is 423 g/mol. The standard InChI is InChI=1S/C22H22N4O3S/c1-3-25-18-6-4-5-7-19(18)26(22(25)28)13-12-20(27)24-21-23-17(14-30-21)15-8-10-16(29-2)11-9-15/h4-11,14H,3,12-13H2,1-2H3,(H,23,24,27). The van der Waals surface area contributed by atoms with Crippen LogP contribution >= 0.6 is 11.3 Å². The number of carbonyl (C=O) groups is 1. The first-order valence-electron chi connectivity index (χ1n) is 9.68. The SMILES string of the molecule is CCn1c(=O)n(CCC(=O)Nc2nc(-c3ccc(OC)cc3)cs2)c2ccccc21. The Kier molecular flexibility index (Phi) is 5.67. The maximum atomic E-state index is 12.7. The van der Waals surface area contributed by atoms with E-state index in [0.717, 1.165) is 28.0 Å². The van der Waals surface area contributed by atoms with Crippen LogP contribution in [-0.2, 0) is 17.9 Å². The number of methoxy groups -OCH3 is 1. The molecule has 0 aliphatic heterocycles. The van der Waals surface area contributed by atoms with Crippen LogP contribution < -0.4 is 15.7 Å². The van der Waals surface area contributed by atoms with Crippen LogP contribution in [-0.4, -0.2) is 27.1 Å². The van der Waals surface area contributed by atoms with Crippen molar-refractivity contribution in [2.45, 2.75) is 26.4 Å². The highest BCUT2D eigenvalue weighted by atomic mass is 32.1. The number of aromatic nitrogens is 3. The van der Waals surface area contributed by atoms with E-state index in [9.17, 15) is 9.59 Å². The van der Waals surface area contributed by atoms with Gasteiger partial charge in [0.1, 0.15) is 5.75 Å². The van der Waals surface area contributed by atoms with Gasteiger partial charge in [-0.2, -0.15) is 0 Å². The van der Waals surface area contributed by atoms with E-state index in [1.165, 1.54) is 11.3 Å². The highest BCUT2D eigenvalue weighted by Gasteiger charge is 2.14. The summed E-state index contributed by atoms with van der Waals surface area (Å²) in [6.45, 7) is 2.84. The summed E-state index contributed by atoms with van der Waals surface area (Å²) in [5.41, 5.74) is 3.37. The Labute approximate surface area is 177 Å². The van der Waals surface area contributed by atoms with Gasteiger partial charge in [-0.1, -0.05) is 12.1 Å². The van der Waals surface area contributed by atoms with Gasteiger partial charge in [-0.05, 0) is 43.3 Å². The van der Waals surface area contributed by atoms with Gasteiger partial charge in [-0.3, -0.25) is 13.9 Å². The number of para-hydroxylation sites is 2. The minimum Gasteiger partial charge on any atom is -0.497 e. The molecule has 2 aromatic heterocycles. The molecule has 0 unspecified atom stereocenters. The van der Waals surface area contributed by atoms with Gasteiger partial charge >= 0.3 is 5.69 Å². The molecule has 1 amide bonds. The van der Waals surface area contributed by atoms with Gasteiger partial charge in [0.25, 0.3) is 0 Å². The smallest absolute Gasteiger partial charge is 0.329 e. The molecule has 4 aromatic rings. The molecule has 0 spiro atoms. The quantitative estimate of drug-likeness (QED) is 0.489. The van der Waals surface area contributed by atoms with Gasteiger partial charge in [0.15, 0.2) is 5.13 Å². The maximum Gasteiger partial charge on any atom is 0.329 e. The molecule has 0 atom stereocenters. The molecule has 0 bridgehead atoms. The third-order valence-electron chi connectivity index (χ3n) is 4.94. The number of anilines is 1. The number of imidazole rings is 1. The molecule has 0 saturated heterocycles. The Hall–Kier alpha value is -3.39. The largest absolute Gasteiger partial charge is 0.497 e. The number of thiazole rings is 1. The first kappa shape index (κ1) is 19.9. The lowest BCUT2D eigenvalue weighted by Gasteiger charge is -2.04. The summed E-state index contributed by atoms with van der Waals surface area (Å²) < 4.78 is 8.54. The van der Waals surface area contributed by atoms with Gasteiger partial charge in [-0.15, -0.1) is 11.3 Å². The highest BCUT2D eigenvalue weighted by Crippen LogP contribution is 2.26. The molecule has 0 aliphatic rings. The fourth-order valence-corrected chi connectivity index (χ4v) is 4.15. The average Bonchev–Trinajstić information content (AvgIpc) is 3.34. The third kappa shape index (κ3) is 3.86. The van der Waals surface area contributed by atoms with Gasteiger partial charge in [0.05, 0.1) is 23.8 Å². The molecule has 1 N–H and O–H groups in total. The van der Waals surface area contributed by atoms with Gasteiger partial charge in [0, 0.05) is 30.5 Å². The van der Waals surface area contributed by atoms with E-state index in [0.29, 0.717) is 18.2 Å². The summed E-state index contributed by atoms with van der Waals surface area (Å²) in [6.07, 6.45) is 0.190. The van der Waals surface area contributed by atoms with Crippen LogP contribution in [0.1, 0.15) is 13.3 Å². The lowest BCUT2D eigenvalue weighted by Crippen LogP contribution is -2.25. The maximum absolute atomic E-state index is 12.7. The summed E-state index contributed by atoms with van der Waals surface area (Å²) in [6, 6.07) is 15.2. The molecule has 0 saturated carbocycles. The Bertz CT molecular complexity index is 1240. The number of rotatable bonds is 7. The van der Waals surface area contributed by atoms with E-state index in [2.05, 4.69) is 10.3 Å². The molecule has 2 aromatic carbocycles. The minimum absolute atomic E-state index is 0.0949. The van der Waals surface area contributed by atoms with Gasteiger partial charge in [-0.25, -0.2) is 9.78 Å². The van der Waals surface area contributed by atoms with Crippen LogP contribution in [0.5, 0.6) is 5.75 Å². The van der Waals surface area contributed by atoms with Crippen LogP contribution in [0.25, 0.3) is 22.3 Å². The van der Waals surface area contributed by atoms with Crippen molar-refractivity contribution in [2.24, 2.45) is 0 Å². The molecule has 154 valence electrons. The van der Waals surface area contributed by atoms with E-state index >= 15 is 0 Å². The first-order valence-corrected chi connectivity index (χ1v) is 10.6. The number of benzene rings is 2. The third-order valence-corrected chi connectivity index (χ3v) is 5.70. The topological polar surface area (TPSA) is 78.2 Å². The van der Waals surface area contributed by atoms with Crippen molar-refractivity contribution in [3.63, 3.8) is 0 Å². The van der Waals surface area contributed by atoms with Crippen LogP contribution in [0.3, 0.4) is 0 Å². The first-order chi connectivity index (χ1) is 14.6. The molecule has 0 aliphatic carbocycles. The zero-order valence-corrected chi connectivity index (χ0v) is 17.6. The van der Waals surface area contributed by atoms with Crippen molar-refractivity contribution in [3.05, 3.63) is 64.4 Å². The molecular formula is C22H22N4O3S. The van der Waals surface area contributed by atoms with Crippen molar-refractivity contribution < 1.29 is 9.53 Å². The molecule has 0 fully saturated rings. The van der Waals surface area contributed by atoms with Crippen molar-refractivity contribution in [1.82, 2.24) is 14.1 Å². The summed E-state index contributed by atoms with van der Waals surface area (Å²) in [5.74, 6) is 0.605. The van der Waals surface area contributed by atoms with Crippen LogP contribution in [0.2, 0.25) is 0 Å². The zero-order chi connectivity index (χ0) is 21.1. The number of nitrogens with zero attached hydrogens (tertiary/aromatic N) is 3. The second-order valence-corrected chi connectivity index (χ2v) is 7.59. The number of nitrogens with one attached hydrogen (secondary N) is 1. The monoisotopic (exact) mass is 422 g/mol. The predicted molar refractivity (Wildman–Crippen MR) is 119 cm³/mol. The summed E-state index contributed by atoms with van der Waals surface area (Å²) in [7, 11) is 1.62. The Morgan fingerprint density at radius 2 is 1.80 bits per heavy atom. The molecule has 30 heavy (non-hydrogen) atoms. The minimum atomic E-state index is -0.175. The molecule has 4 rings (SSSR count). The van der Waals surface area contributed by atoms with E-state index in [-0.39, 0.29) is 18.0 Å². The van der Waals surface area contributed by atoms with E-state index < -0.39 is 0 Å². The lowest BCUT2D eigenvalue weighted by atomic mass is 10.2. The Balaban J connectivity index is 1.44. The second kappa shape index (κ2) is 8.54. The van der Waals surface area contributed by atoms with Crippen LogP contribution in [0, 0.1) is 0 Å². The number of aryl methyl sites for hydroxylation is 2. The van der Waals surface area contributed by atoms with Crippen molar-refractivity contribution in [3.8, 4) is 17.0 Å². The van der Waals surface area contributed by atoms with Crippen molar-refractivity contribution in [2.75, 3.05) is 12.4 Å². The number of hydrogen-bond acceptors (Lipinski definition) is 5. The number of hydrogen-bond donors (Lipinski definition) is 1. The number of ether oxygens (including phenoxy) is 1. The van der Waals surface area contributed by atoms with E-state index in [4.69, 9.17) is 4.74 Å². The van der Waals surface area contributed by atoms with Crippen LogP contribution in [0.15, 0.2) is 58.7 Å². The van der Waals surface area contributed by atoms with Crippen LogP contribution in [0.4, 0.5) is 5.13 Å². The predicted octanol–water partition coefficient (Wildman–Crippen LogP) is 3.98. The molecule has 0 radical (unpaired) electrons. The number of carbonyl (C=O) groups excluding carboxylic acids is 1. The molecule has 2 heterocycles. The normalized spacial score (nSPS) is 11.0. The second-order valence-electron chi connectivity index (χ2n) is 6.73. The number of amides is 1. The molecular weight excluding hydrogens is 400 g/mol. The van der Waals surface area contributed by atoms with Crippen molar-refractivity contribution in [1.29, 1.82) is 0 Å². The van der Waals surface area contributed by atoms with Gasteiger partial charge < -0.3 is 10.1 Å². The summed E-state index contributed by atoms with van der Waals surface area (Å²) >= 11 is 1.37. The van der Waals surface area contributed by atoms with E-state index in [1.807, 2.05) is 60.8 Å². The Morgan fingerprint density at radius 1 is 1.10 bits per heavy atom. The fraction of sp³-hybridized carbons (Fsp3) is 0.227. The Morgan fingerprint density at radius 3 is 2.47 bits per heavy atom. The molecule has 8 heteroatoms. The lowest BCUT2D eigenvalue weighted by molar-refractivity contribution is -0.116. The zero-order valence-electron chi connectivity index (χ0n) is 16.8. The highest BCUT2D eigenvalue weighted by molar-refractivity contribution is 7.14.